The van der Waals surface area contributed by atoms with Crippen LogP contribution >= 0.6 is 24.0 Å². The first-order valence-corrected chi connectivity index (χ1v) is 7.54. The van der Waals surface area contributed by atoms with Crippen molar-refractivity contribution < 1.29 is 14.6 Å². The van der Waals surface area contributed by atoms with E-state index in [4.69, 9.17) is 9.47 Å². The van der Waals surface area contributed by atoms with Crippen molar-refractivity contribution in [3.8, 4) is 5.75 Å². The summed E-state index contributed by atoms with van der Waals surface area (Å²) in [6, 6.07) is 7.35. The highest BCUT2D eigenvalue weighted by Crippen LogP contribution is 2.17. The average molecular weight is 437 g/mol. The highest BCUT2D eigenvalue weighted by atomic mass is 127. The van der Waals surface area contributed by atoms with Gasteiger partial charge in [0, 0.05) is 26.8 Å². The highest BCUT2D eigenvalue weighted by molar-refractivity contribution is 14.0. The lowest BCUT2D eigenvalue weighted by molar-refractivity contribution is 0.187. The molecule has 6 nitrogen and oxygen atoms in total. The van der Waals surface area contributed by atoms with Gasteiger partial charge in [-0.25, -0.2) is 0 Å². The summed E-state index contributed by atoms with van der Waals surface area (Å²) in [6.07, 6.45) is 0.266. The van der Waals surface area contributed by atoms with Crippen molar-refractivity contribution in [1.82, 2.24) is 10.6 Å². The van der Waals surface area contributed by atoms with Crippen molar-refractivity contribution in [3.63, 3.8) is 0 Å². The number of benzene rings is 1. The predicted molar refractivity (Wildman–Crippen MR) is 104 cm³/mol. The number of halogens is 1. The first-order valence-electron chi connectivity index (χ1n) is 7.54. The summed E-state index contributed by atoms with van der Waals surface area (Å²) >= 11 is 0. The third-order valence-corrected chi connectivity index (χ3v) is 3.08. The maximum atomic E-state index is 10.2. The molecular weight excluding hydrogens is 409 g/mol. The molecular formula is C16H28IN3O3. The summed E-state index contributed by atoms with van der Waals surface area (Å²) in [5.74, 6) is 1.47. The number of aliphatic imine (C=N–C) groups is 1. The minimum atomic E-state index is -0.639. The van der Waals surface area contributed by atoms with Crippen LogP contribution in [0.2, 0.25) is 0 Å². The zero-order chi connectivity index (χ0) is 16.2. The van der Waals surface area contributed by atoms with Gasteiger partial charge < -0.3 is 25.2 Å². The Balaban J connectivity index is 0.00000484. The van der Waals surface area contributed by atoms with Gasteiger partial charge in [-0.2, -0.15) is 0 Å². The van der Waals surface area contributed by atoms with E-state index in [1.807, 2.05) is 31.2 Å². The van der Waals surface area contributed by atoms with Gasteiger partial charge in [0.1, 0.15) is 5.75 Å². The average Bonchev–Trinajstić information content (AvgIpc) is 2.56. The second-order valence-electron chi connectivity index (χ2n) is 4.78. The standard InChI is InChI=1S/C16H27N3O3.HI/c1-4-17-16(18-10-5-11-21-2)19-12-15(20)13-6-8-14(22-3)9-7-13;/h6-9,15,20H,4-5,10-12H2,1-3H3,(H2,17,18,19);1H. The number of guanidine groups is 1. The number of aliphatic hydroxyl groups excluding tert-OH is 1. The first-order chi connectivity index (χ1) is 10.7. The second-order valence-corrected chi connectivity index (χ2v) is 4.78. The summed E-state index contributed by atoms with van der Waals surface area (Å²) in [4.78, 5) is 4.40. The van der Waals surface area contributed by atoms with Crippen LogP contribution in [-0.2, 0) is 4.74 Å². The maximum Gasteiger partial charge on any atom is 0.191 e. The summed E-state index contributed by atoms with van der Waals surface area (Å²) in [6.45, 7) is 4.56. The van der Waals surface area contributed by atoms with Crippen LogP contribution in [0.1, 0.15) is 25.0 Å². The summed E-state index contributed by atoms with van der Waals surface area (Å²) in [5.41, 5.74) is 0.819. The van der Waals surface area contributed by atoms with Crippen LogP contribution in [0.3, 0.4) is 0 Å². The van der Waals surface area contributed by atoms with Crippen molar-refractivity contribution in [1.29, 1.82) is 0 Å². The third-order valence-electron chi connectivity index (χ3n) is 3.08. The molecule has 0 saturated heterocycles. The van der Waals surface area contributed by atoms with Crippen LogP contribution in [0.15, 0.2) is 29.3 Å². The number of nitrogens with zero attached hydrogens (tertiary/aromatic N) is 1. The van der Waals surface area contributed by atoms with E-state index in [-0.39, 0.29) is 24.0 Å². The topological polar surface area (TPSA) is 75.1 Å². The monoisotopic (exact) mass is 437 g/mol. The second kappa shape index (κ2) is 13.4. The fraction of sp³-hybridized carbons (Fsp3) is 0.562. The molecule has 1 aromatic carbocycles. The van der Waals surface area contributed by atoms with Gasteiger partial charge in [0.25, 0.3) is 0 Å². The number of methoxy groups -OCH3 is 2. The smallest absolute Gasteiger partial charge is 0.191 e. The normalized spacial score (nSPS) is 12.3. The SMILES string of the molecule is CCNC(=NCC(O)c1ccc(OC)cc1)NCCCOC.I. The lowest BCUT2D eigenvalue weighted by Gasteiger charge is -2.13. The van der Waals surface area contributed by atoms with Crippen molar-refractivity contribution in [2.45, 2.75) is 19.4 Å². The Morgan fingerprint density at radius 3 is 2.48 bits per heavy atom. The van der Waals surface area contributed by atoms with E-state index in [1.165, 1.54) is 0 Å². The molecule has 1 atom stereocenters. The quantitative estimate of drug-likeness (QED) is 0.238. The molecule has 0 aliphatic carbocycles. The number of ether oxygens (including phenoxy) is 2. The van der Waals surface area contributed by atoms with E-state index in [2.05, 4.69) is 15.6 Å². The Hall–Kier alpha value is -1.06. The lowest BCUT2D eigenvalue weighted by Crippen LogP contribution is -2.38. The number of hydrogen-bond acceptors (Lipinski definition) is 4. The van der Waals surface area contributed by atoms with E-state index >= 15 is 0 Å². The van der Waals surface area contributed by atoms with E-state index in [0.29, 0.717) is 19.1 Å². The molecule has 0 radical (unpaired) electrons. The summed E-state index contributed by atoms with van der Waals surface area (Å²) < 4.78 is 10.1. The van der Waals surface area contributed by atoms with Gasteiger partial charge in [-0.3, -0.25) is 4.99 Å². The van der Waals surface area contributed by atoms with Crippen molar-refractivity contribution in [2.24, 2.45) is 4.99 Å². The molecule has 0 bridgehead atoms. The number of hydrogen-bond donors (Lipinski definition) is 3. The van der Waals surface area contributed by atoms with Gasteiger partial charge in [0.05, 0.1) is 19.8 Å². The molecule has 0 aliphatic rings. The molecule has 0 heterocycles. The minimum Gasteiger partial charge on any atom is -0.497 e. The Bertz CT molecular complexity index is 441. The van der Waals surface area contributed by atoms with Gasteiger partial charge in [-0.15, -0.1) is 24.0 Å². The van der Waals surface area contributed by atoms with Crippen LogP contribution in [0.25, 0.3) is 0 Å². The molecule has 0 spiro atoms. The minimum absolute atomic E-state index is 0. The molecule has 1 unspecified atom stereocenters. The van der Waals surface area contributed by atoms with Crippen LogP contribution < -0.4 is 15.4 Å². The van der Waals surface area contributed by atoms with Gasteiger partial charge in [0.2, 0.25) is 0 Å². The highest BCUT2D eigenvalue weighted by Gasteiger charge is 2.07. The van der Waals surface area contributed by atoms with E-state index in [0.717, 1.165) is 30.8 Å². The van der Waals surface area contributed by atoms with Gasteiger partial charge >= 0.3 is 0 Å². The Morgan fingerprint density at radius 1 is 1.22 bits per heavy atom. The molecule has 7 heteroatoms. The number of nitrogens with one attached hydrogen (secondary N) is 2. The molecule has 3 N–H and O–H groups in total. The molecule has 23 heavy (non-hydrogen) atoms. The largest absolute Gasteiger partial charge is 0.497 e. The zero-order valence-corrected chi connectivity index (χ0v) is 16.4. The first kappa shape index (κ1) is 21.9. The van der Waals surface area contributed by atoms with Crippen molar-refractivity contribution >= 4 is 29.9 Å². The van der Waals surface area contributed by atoms with Crippen molar-refractivity contribution in [2.75, 3.05) is 40.5 Å². The Kier molecular flexibility index (Phi) is 12.8. The molecule has 1 aromatic rings. The number of rotatable bonds is 9. The summed E-state index contributed by atoms with van der Waals surface area (Å²) in [7, 11) is 3.30. The fourth-order valence-electron chi connectivity index (χ4n) is 1.87. The Morgan fingerprint density at radius 2 is 1.91 bits per heavy atom. The molecule has 1 rings (SSSR count). The van der Waals surface area contributed by atoms with E-state index in [9.17, 15) is 5.11 Å². The Labute approximate surface area is 155 Å². The van der Waals surface area contributed by atoms with Gasteiger partial charge in [0.15, 0.2) is 5.96 Å². The third kappa shape index (κ3) is 8.97. The fourth-order valence-corrected chi connectivity index (χ4v) is 1.87. The lowest BCUT2D eigenvalue weighted by atomic mass is 10.1. The molecule has 0 fully saturated rings. The summed E-state index contributed by atoms with van der Waals surface area (Å²) in [5, 5.41) is 16.5. The van der Waals surface area contributed by atoms with Crippen LogP contribution in [-0.4, -0.2) is 51.5 Å². The molecule has 132 valence electrons. The molecule has 0 aliphatic heterocycles. The zero-order valence-electron chi connectivity index (χ0n) is 14.0. The maximum absolute atomic E-state index is 10.2. The van der Waals surface area contributed by atoms with Gasteiger partial charge in [-0.05, 0) is 31.0 Å². The number of aliphatic hydroxyl groups is 1. The molecule has 0 aromatic heterocycles. The predicted octanol–water partition coefficient (Wildman–Crippen LogP) is 1.94. The molecule has 0 amide bonds. The van der Waals surface area contributed by atoms with Crippen LogP contribution in [0, 0.1) is 0 Å². The van der Waals surface area contributed by atoms with Crippen LogP contribution in [0.5, 0.6) is 5.75 Å². The van der Waals surface area contributed by atoms with Gasteiger partial charge in [-0.1, -0.05) is 12.1 Å². The van der Waals surface area contributed by atoms with Crippen molar-refractivity contribution in [3.05, 3.63) is 29.8 Å². The van der Waals surface area contributed by atoms with E-state index < -0.39 is 6.10 Å². The van der Waals surface area contributed by atoms with Crippen LogP contribution in [0.4, 0.5) is 0 Å². The van der Waals surface area contributed by atoms with E-state index in [1.54, 1.807) is 14.2 Å². The molecule has 0 saturated carbocycles.